The van der Waals surface area contributed by atoms with Gasteiger partial charge >= 0.3 is 6.09 Å². The standard InChI is InChI=1S/C28H27N3O5S/c1-28(2,3)20(29-27(35)36)16-21(32)30-25-23(24(34)17-10-6-4-7-11-17)19-14-15-22(33)31(26(19)37-25)18-12-8-5-9-13-18/h4-15,20,29H,16H2,1-3H3,(H,30,32)(H,35,36). The Morgan fingerprint density at radius 1 is 0.946 bits per heavy atom. The molecular weight excluding hydrogens is 490 g/mol. The van der Waals surface area contributed by atoms with Crippen molar-refractivity contribution in [2.45, 2.75) is 33.2 Å². The maximum atomic E-state index is 13.7. The molecule has 2 aromatic carbocycles. The van der Waals surface area contributed by atoms with Crippen LogP contribution in [0.25, 0.3) is 15.9 Å². The number of hydrogen-bond donors (Lipinski definition) is 3. The average molecular weight is 518 g/mol. The molecule has 2 aromatic heterocycles. The van der Waals surface area contributed by atoms with Crippen LogP contribution < -0.4 is 16.2 Å². The van der Waals surface area contributed by atoms with Crippen molar-refractivity contribution in [3.8, 4) is 5.69 Å². The molecule has 0 aliphatic carbocycles. The van der Waals surface area contributed by atoms with E-state index in [2.05, 4.69) is 10.6 Å². The number of nitrogens with one attached hydrogen (secondary N) is 2. The number of benzene rings is 2. The summed E-state index contributed by atoms with van der Waals surface area (Å²) in [6.45, 7) is 5.51. The van der Waals surface area contributed by atoms with Crippen molar-refractivity contribution in [3.05, 3.63) is 94.3 Å². The fraction of sp³-hybridized carbons (Fsp3) is 0.214. The fourth-order valence-electron chi connectivity index (χ4n) is 4.04. The minimum absolute atomic E-state index is 0.130. The van der Waals surface area contributed by atoms with E-state index >= 15 is 0 Å². The van der Waals surface area contributed by atoms with E-state index in [1.807, 2.05) is 39.0 Å². The van der Waals surface area contributed by atoms with Gasteiger partial charge in [-0.2, -0.15) is 0 Å². The molecule has 4 rings (SSSR count). The monoisotopic (exact) mass is 517 g/mol. The van der Waals surface area contributed by atoms with Crippen molar-refractivity contribution in [1.29, 1.82) is 0 Å². The van der Waals surface area contributed by atoms with Crippen molar-refractivity contribution in [1.82, 2.24) is 9.88 Å². The molecule has 2 amide bonds. The number of para-hydroxylation sites is 1. The number of anilines is 1. The summed E-state index contributed by atoms with van der Waals surface area (Å²) < 4.78 is 1.52. The number of amides is 2. The molecule has 9 heteroatoms. The lowest BCUT2D eigenvalue weighted by molar-refractivity contribution is -0.117. The Kier molecular flexibility index (Phi) is 7.26. The molecule has 0 aliphatic rings. The SMILES string of the molecule is CC(C)(C)C(CC(=O)Nc1sc2c(ccc(=O)n2-c2ccccc2)c1C(=O)c1ccccc1)NC(=O)O. The van der Waals surface area contributed by atoms with Crippen LogP contribution in [0.1, 0.15) is 43.1 Å². The Balaban J connectivity index is 1.84. The minimum atomic E-state index is -1.22. The molecular formula is C28H27N3O5S. The second-order valence-corrected chi connectivity index (χ2v) is 10.7. The number of aromatic nitrogens is 1. The molecule has 190 valence electrons. The number of carbonyl (C=O) groups is 3. The average Bonchev–Trinajstić information content (AvgIpc) is 3.20. The van der Waals surface area contributed by atoms with Gasteiger partial charge in [0, 0.05) is 29.5 Å². The first-order valence-electron chi connectivity index (χ1n) is 11.7. The van der Waals surface area contributed by atoms with Gasteiger partial charge in [-0.3, -0.25) is 19.0 Å². The van der Waals surface area contributed by atoms with E-state index in [0.717, 1.165) is 11.3 Å². The molecule has 0 bridgehead atoms. The molecule has 0 radical (unpaired) electrons. The number of fused-ring (bicyclic) bond motifs is 1. The molecule has 0 spiro atoms. The molecule has 8 nitrogen and oxygen atoms in total. The number of nitrogens with zero attached hydrogens (tertiary/aromatic N) is 1. The topological polar surface area (TPSA) is 118 Å². The molecule has 1 unspecified atom stereocenters. The van der Waals surface area contributed by atoms with Gasteiger partial charge < -0.3 is 15.7 Å². The van der Waals surface area contributed by atoms with E-state index in [1.54, 1.807) is 48.5 Å². The van der Waals surface area contributed by atoms with Crippen molar-refractivity contribution < 1.29 is 19.5 Å². The third kappa shape index (κ3) is 5.62. The largest absolute Gasteiger partial charge is 0.465 e. The third-order valence-electron chi connectivity index (χ3n) is 6.00. The number of carbonyl (C=O) groups excluding carboxylic acids is 2. The van der Waals surface area contributed by atoms with Crippen molar-refractivity contribution >= 4 is 44.3 Å². The Bertz CT molecular complexity index is 1520. The van der Waals surface area contributed by atoms with Crippen molar-refractivity contribution in [2.75, 3.05) is 5.32 Å². The van der Waals surface area contributed by atoms with Gasteiger partial charge in [0.2, 0.25) is 5.91 Å². The summed E-state index contributed by atoms with van der Waals surface area (Å²) in [5, 5.41) is 15.3. The van der Waals surface area contributed by atoms with Crippen LogP contribution >= 0.6 is 11.3 Å². The quantitative estimate of drug-likeness (QED) is 0.288. The van der Waals surface area contributed by atoms with Crippen LogP contribution in [0.15, 0.2) is 77.6 Å². The van der Waals surface area contributed by atoms with Gasteiger partial charge in [0.15, 0.2) is 5.78 Å². The highest BCUT2D eigenvalue weighted by Gasteiger charge is 2.30. The molecule has 4 aromatic rings. The van der Waals surface area contributed by atoms with Crippen LogP contribution in [0.4, 0.5) is 9.80 Å². The number of carboxylic acid groups (broad SMARTS) is 1. The molecule has 0 saturated heterocycles. The van der Waals surface area contributed by atoms with Gasteiger partial charge in [-0.25, -0.2) is 4.79 Å². The highest BCUT2D eigenvalue weighted by atomic mass is 32.1. The molecule has 0 fully saturated rings. The van der Waals surface area contributed by atoms with Gasteiger partial charge in [-0.1, -0.05) is 80.6 Å². The summed E-state index contributed by atoms with van der Waals surface area (Å²) in [4.78, 5) is 51.5. The first-order chi connectivity index (χ1) is 17.6. The molecule has 0 aliphatic heterocycles. The molecule has 2 heterocycles. The molecule has 0 saturated carbocycles. The van der Waals surface area contributed by atoms with E-state index < -0.39 is 23.5 Å². The van der Waals surface area contributed by atoms with Crippen LogP contribution in [0, 0.1) is 5.41 Å². The third-order valence-corrected chi connectivity index (χ3v) is 7.11. The zero-order valence-electron chi connectivity index (χ0n) is 20.6. The number of thiophene rings is 1. The minimum Gasteiger partial charge on any atom is -0.465 e. The Labute approximate surface area is 217 Å². The molecule has 1 atom stereocenters. The number of pyridine rings is 1. The fourth-order valence-corrected chi connectivity index (χ4v) is 5.27. The predicted molar refractivity (Wildman–Crippen MR) is 145 cm³/mol. The van der Waals surface area contributed by atoms with Crippen molar-refractivity contribution in [3.63, 3.8) is 0 Å². The molecule has 3 N–H and O–H groups in total. The maximum Gasteiger partial charge on any atom is 0.404 e. The lowest BCUT2D eigenvalue weighted by atomic mass is 9.84. The Morgan fingerprint density at radius 3 is 2.16 bits per heavy atom. The lowest BCUT2D eigenvalue weighted by Crippen LogP contribution is -2.45. The number of hydrogen-bond acceptors (Lipinski definition) is 5. The number of rotatable bonds is 7. The van der Waals surface area contributed by atoms with Crippen molar-refractivity contribution in [2.24, 2.45) is 5.41 Å². The summed E-state index contributed by atoms with van der Waals surface area (Å²) in [5.41, 5.74) is 0.564. The highest BCUT2D eigenvalue weighted by molar-refractivity contribution is 7.23. The lowest BCUT2D eigenvalue weighted by Gasteiger charge is -2.30. The summed E-state index contributed by atoms with van der Waals surface area (Å²) in [6.07, 6.45) is -1.35. The van der Waals surface area contributed by atoms with E-state index in [9.17, 15) is 24.3 Å². The van der Waals surface area contributed by atoms with Crippen LogP contribution in [0.3, 0.4) is 0 Å². The van der Waals surface area contributed by atoms with Gasteiger partial charge in [0.1, 0.15) is 9.83 Å². The van der Waals surface area contributed by atoms with Gasteiger partial charge in [0.25, 0.3) is 5.56 Å². The van der Waals surface area contributed by atoms with Gasteiger partial charge in [-0.05, 0) is 23.6 Å². The second kappa shape index (κ2) is 10.4. The van der Waals surface area contributed by atoms with E-state index in [4.69, 9.17) is 0 Å². The first-order valence-corrected chi connectivity index (χ1v) is 12.5. The van der Waals surface area contributed by atoms with E-state index in [0.29, 0.717) is 26.5 Å². The normalized spacial score (nSPS) is 12.2. The zero-order valence-corrected chi connectivity index (χ0v) is 21.5. The van der Waals surface area contributed by atoms with Crippen LogP contribution in [-0.2, 0) is 4.79 Å². The number of ketones is 1. The van der Waals surface area contributed by atoms with Gasteiger partial charge in [-0.15, -0.1) is 0 Å². The summed E-state index contributed by atoms with van der Waals surface area (Å²) in [6, 6.07) is 20.1. The molecule has 37 heavy (non-hydrogen) atoms. The summed E-state index contributed by atoms with van der Waals surface area (Å²) in [5.74, 6) is -0.743. The van der Waals surface area contributed by atoms with Gasteiger partial charge in [0.05, 0.1) is 11.3 Å². The second-order valence-electron chi connectivity index (χ2n) is 9.68. The highest BCUT2D eigenvalue weighted by Crippen LogP contribution is 2.38. The zero-order chi connectivity index (χ0) is 26.7. The summed E-state index contributed by atoms with van der Waals surface area (Å²) >= 11 is 1.13. The van der Waals surface area contributed by atoms with Crippen LogP contribution in [0.5, 0.6) is 0 Å². The predicted octanol–water partition coefficient (Wildman–Crippen LogP) is 5.29. The maximum absolute atomic E-state index is 13.7. The first kappa shape index (κ1) is 25.8. The smallest absolute Gasteiger partial charge is 0.404 e. The summed E-state index contributed by atoms with van der Waals surface area (Å²) in [7, 11) is 0. The van der Waals surface area contributed by atoms with Crippen LogP contribution in [-0.4, -0.2) is 33.5 Å². The Hall–Kier alpha value is -4.24. The van der Waals surface area contributed by atoms with Crippen LogP contribution in [0.2, 0.25) is 0 Å². The van der Waals surface area contributed by atoms with E-state index in [1.165, 1.54) is 10.6 Å². The van der Waals surface area contributed by atoms with E-state index in [-0.39, 0.29) is 23.3 Å². The Morgan fingerprint density at radius 2 is 1.57 bits per heavy atom.